The third-order valence-electron chi connectivity index (χ3n) is 11.9. The lowest BCUT2D eigenvalue weighted by Gasteiger charge is -2.50. The molecule has 0 radical (unpaired) electrons. The van der Waals surface area contributed by atoms with Gasteiger partial charge in [0.25, 0.3) is 16.6 Å². The first-order valence-electron chi connectivity index (χ1n) is 21.9. The van der Waals surface area contributed by atoms with Crippen LogP contribution in [0.2, 0.25) is 10.1 Å². The summed E-state index contributed by atoms with van der Waals surface area (Å²) in [5.74, 6) is -0.245. The minimum Gasteiger partial charge on any atom is -0.453 e. The highest BCUT2D eigenvalue weighted by atomic mass is 28.4. The summed E-state index contributed by atoms with van der Waals surface area (Å²) in [5, 5.41) is 4.04. The minimum absolute atomic E-state index is 0.245. The summed E-state index contributed by atoms with van der Waals surface area (Å²) in [6.45, 7) is 16.0. The van der Waals surface area contributed by atoms with Gasteiger partial charge < -0.3 is 13.6 Å². The van der Waals surface area contributed by atoms with E-state index >= 15 is 0 Å². The maximum absolute atomic E-state index is 13.8. The second-order valence-corrected chi connectivity index (χ2v) is 26.6. The van der Waals surface area contributed by atoms with Crippen LogP contribution in [0.5, 0.6) is 0 Å². The summed E-state index contributed by atoms with van der Waals surface area (Å²) < 4.78 is 22.3. The number of rotatable bonds is 21. The van der Waals surface area contributed by atoms with E-state index in [4.69, 9.17) is 13.6 Å². The third-order valence-corrected chi connectivity index (χ3v) is 21.8. The van der Waals surface area contributed by atoms with Crippen LogP contribution in [0, 0.1) is 0 Å². The average molecular weight is 803 g/mol. The van der Waals surface area contributed by atoms with Crippen molar-refractivity contribution in [1.82, 2.24) is 0 Å². The molecule has 4 aromatic rings. The van der Waals surface area contributed by atoms with E-state index in [-0.39, 0.29) is 16.0 Å². The molecule has 1 heterocycles. The van der Waals surface area contributed by atoms with E-state index in [0.717, 1.165) is 39.2 Å². The van der Waals surface area contributed by atoms with Gasteiger partial charge in [-0.25, -0.2) is 4.79 Å². The van der Waals surface area contributed by atoms with Gasteiger partial charge in [-0.3, -0.25) is 0 Å². The van der Waals surface area contributed by atoms with E-state index in [9.17, 15) is 4.79 Å². The summed E-state index contributed by atoms with van der Waals surface area (Å²) in [7, 11) is -6.31. The van der Waals surface area contributed by atoms with Crippen LogP contribution in [0.25, 0.3) is 0 Å². The van der Waals surface area contributed by atoms with Crippen molar-refractivity contribution in [2.24, 2.45) is 0 Å². The maximum atomic E-state index is 13.8. The molecule has 57 heavy (non-hydrogen) atoms. The van der Waals surface area contributed by atoms with Gasteiger partial charge in [0.15, 0.2) is 12.4 Å². The standard InChI is InChI=1S/C51H70O4Si2/c1-8-9-10-11-12-13-14-15-16-17-18-23-32-42-41-47(53-48(42)52)49(54-56(50(2,3)4,43-33-24-19-25-34-43)44-35-26-20-27-36-44)55-57(51(5,6)7,45-37-28-21-29-38-45)46-39-30-22-31-40-46/h19-22,24-40,47,49H,8-18,23,41H2,1-7H3. The van der Waals surface area contributed by atoms with Crippen molar-refractivity contribution >= 4 is 43.4 Å². The molecule has 0 N–H and O–H groups in total. The molecule has 0 aliphatic carbocycles. The first-order chi connectivity index (χ1) is 27.4. The number of benzene rings is 4. The molecular formula is C51H70O4Si2. The van der Waals surface area contributed by atoms with Gasteiger partial charge in [-0.2, -0.15) is 0 Å². The van der Waals surface area contributed by atoms with E-state index in [0.29, 0.717) is 6.42 Å². The zero-order chi connectivity index (χ0) is 40.8. The molecular weight excluding hydrogens is 733 g/mol. The molecule has 1 aliphatic rings. The highest BCUT2D eigenvalue weighted by Gasteiger charge is 2.58. The summed E-state index contributed by atoms with van der Waals surface area (Å²) in [6, 6.07) is 42.8. The largest absolute Gasteiger partial charge is 0.453 e. The molecule has 0 aromatic heterocycles. The fraction of sp³-hybridized carbons (Fsp3) is 0.471. The molecule has 1 aliphatic heterocycles. The molecule has 306 valence electrons. The smallest absolute Gasteiger partial charge is 0.334 e. The monoisotopic (exact) mass is 802 g/mol. The van der Waals surface area contributed by atoms with Crippen LogP contribution in [-0.4, -0.2) is 35.0 Å². The highest BCUT2D eigenvalue weighted by Crippen LogP contribution is 2.43. The number of hydrogen-bond acceptors (Lipinski definition) is 4. The predicted molar refractivity (Wildman–Crippen MR) is 245 cm³/mol. The number of esters is 1. The lowest BCUT2D eigenvalue weighted by atomic mass is 10.0. The molecule has 1 fully saturated rings. The van der Waals surface area contributed by atoms with Crippen LogP contribution in [0.1, 0.15) is 132 Å². The zero-order valence-corrected chi connectivity index (χ0v) is 38.1. The molecule has 0 saturated carbocycles. The first-order valence-corrected chi connectivity index (χ1v) is 25.7. The van der Waals surface area contributed by atoms with Gasteiger partial charge in [0.2, 0.25) is 0 Å². The molecule has 1 unspecified atom stereocenters. The quantitative estimate of drug-likeness (QED) is 0.0277. The Morgan fingerprint density at radius 3 is 1.23 bits per heavy atom. The lowest BCUT2D eigenvalue weighted by Crippen LogP contribution is -2.72. The second-order valence-electron chi connectivity index (χ2n) is 18.1. The summed E-state index contributed by atoms with van der Waals surface area (Å²) in [6.07, 6.45) is 16.4. The van der Waals surface area contributed by atoms with Crippen molar-refractivity contribution in [2.75, 3.05) is 0 Å². The Labute approximate surface area is 347 Å². The van der Waals surface area contributed by atoms with Crippen LogP contribution in [0.4, 0.5) is 0 Å². The van der Waals surface area contributed by atoms with Crippen molar-refractivity contribution in [3.05, 3.63) is 133 Å². The summed E-state index contributed by atoms with van der Waals surface area (Å²) >= 11 is 0. The topological polar surface area (TPSA) is 44.8 Å². The van der Waals surface area contributed by atoms with Crippen molar-refractivity contribution in [3.8, 4) is 0 Å². The van der Waals surface area contributed by atoms with Crippen LogP contribution in [0.3, 0.4) is 0 Å². The fourth-order valence-corrected chi connectivity index (χ4v) is 18.1. The minimum atomic E-state index is -3.16. The van der Waals surface area contributed by atoms with E-state index in [1.165, 1.54) is 64.2 Å². The van der Waals surface area contributed by atoms with Gasteiger partial charge in [0.1, 0.15) is 0 Å². The number of carbonyl (C=O) groups is 1. The predicted octanol–water partition coefficient (Wildman–Crippen LogP) is 11.4. The number of carbonyl (C=O) groups excluding carboxylic acids is 1. The number of hydrogen-bond donors (Lipinski definition) is 0. The third kappa shape index (κ3) is 10.9. The Hall–Kier alpha value is -3.56. The highest BCUT2D eigenvalue weighted by molar-refractivity contribution is 7.00. The molecule has 5 rings (SSSR count). The summed E-state index contributed by atoms with van der Waals surface area (Å²) in [5.41, 5.74) is 0.745. The lowest BCUT2D eigenvalue weighted by molar-refractivity contribution is -0.154. The van der Waals surface area contributed by atoms with Crippen molar-refractivity contribution in [1.29, 1.82) is 0 Å². The maximum Gasteiger partial charge on any atom is 0.334 e. The van der Waals surface area contributed by atoms with Gasteiger partial charge >= 0.3 is 5.97 Å². The number of allylic oxidation sites excluding steroid dienone is 1. The van der Waals surface area contributed by atoms with Crippen LogP contribution in [-0.2, 0) is 18.4 Å². The van der Waals surface area contributed by atoms with Gasteiger partial charge in [-0.1, -0.05) is 240 Å². The fourth-order valence-electron chi connectivity index (χ4n) is 8.87. The van der Waals surface area contributed by atoms with Gasteiger partial charge in [0.05, 0.1) is 0 Å². The van der Waals surface area contributed by atoms with Crippen molar-refractivity contribution < 1.29 is 18.4 Å². The van der Waals surface area contributed by atoms with E-state index in [1.54, 1.807) is 0 Å². The average Bonchev–Trinajstić information content (AvgIpc) is 3.58. The van der Waals surface area contributed by atoms with E-state index < -0.39 is 29.0 Å². The SMILES string of the molecule is CCCCCCCCCCCCCC=C1CC(C(O[Si](c2ccccc2)(c2ccccc2)C(C)(C)C)O[Si](c2ccccc2)(c2ccccc2)C(C)(C)C)OC1=O. The molecule has 6 heteroatoms. The Bertz CT molecular complexity index is 1610. The van der Waals surface area contributed by atoms with Crippen molar-refractivity contribution in [2.45, 2.75) is 154 Å². The Morgan fingerprint density at radius 1 is 0.561 bits per heavy atom. The molecule has 4 aromatic carbocycles. The second kappa shape index (κ2) is 20.9. The van der Waals surface area contributed by atoms with Crippen LogP contribution in [0.15, 0.2) is 133 Å². The molecule has 0 amide bonds. The molecule has 1 atom stereocenters. The normalized spacial score (nSPS) is 16.0. The Morgan fingerprint density at radius 2 is 0.895 bits per heavy atom. The molecule has 1 saturated heterocycles. The Balaban J connectivity index is 1.50. The van der Waals surface area contributed by atoms with Gasteiger partial charge in [-0.05, 0) is 43.7 Å². The van der Waals surface area contributed by atoms with Gasteiger partial charge in [0, 0.05) is 12.0 Å². The molecule has 4 nitrogen and oxygen atoms in total. The number of ether oxygens (including phenoxy) is 1. The summed E-state index contributed by atoms with van der Waals surface area (Å²) in [4.78, 5) is 13.8. The zero-order valence-electron chi connectivity index (χ0n) is 36.1. The Kier molecular flexibility index (Phi) is 16.4. The van der Waals surface area contributed by atoms with Crippen molar-refractivity contribution in [3.63, 3.8) is 0 Å². The van der Waals surface area contributed by atoms with Crippen LogP contribution < -0.4 is 20.7 Å². The molecule has 0 bridgehead atoms. The number of unbranched alkanes of at least 4 members (excludes halogenated alkanes) is 11. The first kappa shape index (κ1) is 44.5. The molecule has 0 spiro atoms. The van der Waals surface area contributed by atoms with Crippen LogP contribution >= 0.6 is 0 Å². The number of cyclic esters (lactones) is 1. The van der Waals surface area contributed by atoms with E-state index in [2.05, 4.69) is 176 Å². The van der Waals surface area contributed by atoms with E-state index in [1.807, 2.05) is 0 Å². The van der Waals surface area contributed by atoms with Gasteiger partial charge in [-0.15, -0.1) is 0 Å².